The molecule has 3 aromatic carbocycles. The minimum absolute atomic E-state index is 1.43. The number of rotatable bonds is 3. The van der Waals surface area contributed by atoms with Crippen molar-refractivity contribution in [1.82, 2.24) is 0 Å². The van der Waals surface area contributed by atoms with Gasteiger partial charge in [0.2, 0.25) is 0 Å². The van der Waals surface area contributed by atoms with Crippen LogP contribution in [0.3, 0.4) is 0 Å². The van der Waals surface area contributed by atoms with Gasteiger partial charge in [-0.2, -0.15) is 0 Å². The van der Waals surface area contributed by atoms with E-state index in [1.807, 2.05) is 0 Å². The van der Waals surface area contributed by atoms with Crippen molar-refractivity contribution in [1.29, 1.82) is 0 Å². The second-order valence-corrected chi connectivity index (χ2v) is 11.4. The third kappa shape index (κ3) is 7.32. The van der Waals surface area contributed by atoms with Gasteiger partial charge in [0, 0.05) is 0 Å². The summed E-state index contributed by atoms with van der Waals surface area (Å²) in [5.74, 6) is 0. The average molecular weight is 422 g/mol. The summed E-state index contributed by atoms with van der Waals surface area (Å²) in [7, 11) is -12.2. The number of hydrogen-bond donors (Lipinski definition) is 0. The third-order valence-corrected chi connectivity index (χ3v) is 7.81. The summed E-state index contributed by atoms with van der Waals surface area (Å²) in [5, 5.41) is 4.28. The molecule has 0 aromatic heterocycles. The summed E-state index contributed by atoms with van der Waals surface area (Å²) >= 11 is 0. The normalized spacial score (nSPS) is 14.3. The van der Waals surface area contributed by atoms with Crippen LogP contribution in [-0.4, -0.2) is 6.66 Å². The van der Waals surface area contributed by atoms with Crippen LogP contribution in [0.25, 0.3) is 0 Å². The van der Waals surface area contributed by atoms with E-state index in [1.54, 1.807) is 0 Å². The quantitative estimate of drug-likeness (QED) is 0.315. The summed E-state index contributed by atoms with van der Waals surface area (Å²) < 4.78 is 59.2. The monoisotopic (exact) mass is 422 g/mol. The van der Waals surface area contributed by atoms with Crippen LogP contribution in [0.1, 0.15) is 0 Å². The van der Waals surface area contributed by atoms with Crippen LogP contribution in [0.5, 0.6) is 0 Å². The number of halogens is 6. The Morgan fingerprint density at radius 2 is 0.667 bits per heavy atom. The van der Waals surface area contributed by atoms with E-state index >= 15 is 0 Å². The Morgan fingerprint density at radius 1 is 0.481 bits per heavy atom. The fourth-order valence-electron chi connectivity index (χ4n) is 2.63. The second kappa shape index (κ2) is 6.92. The van der Waals surface area contributed by atoms with Crippen LogP contribution in [0.2, 0.25) is 0 Å². The summed E-state index contributed by atoms with van der Waals surface area (Å²) in [4.78, 5) is 0. The van der Waals surface area contributed by atoms with Gasteiger partial charge in [-0.3, -0.25) is 0 Å². The Hall–Kier alpha value is -1.90. The number of hydrogen-bond acceptors (Lipinski definition) is 0. The van der Waals surface area contributed by atoms with Crippen molar-refractivity contribution >= 4 is 31.0 Å². The zero-order valence-corrected chi connectivity index (χ0v) is 16.1. The molecule has 8 heteroatoms. The van der Waals surface area contributed by atoms with E-state index in [-0.39, 0.29) is 0 Å². The summed E-state index contributed by atoms with van der Waals surface area (Å²) in [6.45, 7) is 2.41. The molecule has 3 rings (SSSR count). The van der Waals surface area contributed by atoms with Gasteiger partial charge < -0.3 is 0 Å². The molecule has 0 heterocycles. The van der Waals surface area contributed by atoms with E-state index < -0.39 is 15.1 Å². The topological polar surface area (TPSA) is 0 Å². The maximum absolute atomic E-state index is 10.7. The molecule has 0 nitrogen and oxygen atoms in total. The molecule has 0 aliphatic heterocycles. The first-order valence-corrected chi connectivity index (χ1v) is 12.1. The van der Waals surface area contributed by atoms with Crippen molar-refractivity contribution in [3.05, 3.63) is 91.0 Å². The van der Waals surface area contributed by atoms with Gasteiger partial charge in [-0.25, -0.2) is 0 Å². The van der Waals surface area contributed by atoms with Gasteiger partial charge in [0.15, 0.2) is 0 Å². The Balaban J connectivity index is 0.000000321. The molecule has 0 radical (unpaired) electrons. The van der Waals surface area contributed by atoms with Crippen LogP contribution < -0.4 is 15.9 Å². The molecule has 0 saturated heterocycles. The Bertz CT molecular complexity index is 756. The van der Waals surface area contributed by atoms with Crippen molar-refractivity contribution in [2.45, 2.75) is 0 Å². The van der Waals surface area contributed by atoms with Crippen LogP contribution in [-0.2, 0) is 0 Å². The van der Waals surface area contributed by atoms with Crippen molar-refractivity contribution in [2.24, 2.45) is 0 Å². The van der Waals surface area contributed by atoms with Crippen LogP contribution >= 0.6 is 15.1 Å². The van der Waals surface area contributed by atoms with Crippen molar-refractivity contribution in [3.8, 4) is 0 Å². The van der Waals surface area contributed by atoms with Crippen LogP contribution in [0.4, 0.5) is 25.2 Å². The zero-order chi connectivity index (χ0) is 20.2. The predicted molar refractivity (Wildman–Crippen MR) is 105 cm³/mol. The van der Waals surface area contributed by atoms with E-state index in [0.717, 1.165) is 0 Å². The summed E-state index contributed by atoms with van der Waals surface area (Å²) in [6, 6.07) is 32.6. The zero-order valence-electron chi connectivity index (χ0n) is 14.3. The van der Waals surface area contributed by atoms with Crippen molar-refractivity contribution in [2.75, 3.05) is 6.66 Å². The Morgan fingerprint density at radius 3 is 0.852 bits per heavy atom. The molecule has 0 spiro atoms. The van der Waals surface area contributed by atoms with Gasteiger partial charge in [0.05, 0.1) is 6.66 Å². The molecular formula is C19H18F6P2. The Labute approximate surface area is 154 Å². The van der Waals surface area contributed by atoms with E-state index in [9.17, 15) is 25.2 Å². The maximum atomic E-state index is 9.87. The molecule has 0 aliphatic rings. The minimum atomic E-state index is -10.7. The molecule has 27 heavy (non-hydrogen) atoms. The molecule has 0 unspecified atom stereocenters. The van der Waals surface area contributed by atoms with Crippen molar-refractivity contribution < 1.29 is 25.2 Å². The fraction of sp³-hybridized carbons (Fsp3) is 0.0526. The van der Waals surface area contributed by atoms with Gasteiger partial charge in [-0.1, -0.05) is 54.6 Å². The van der Waals surface area contributed by atoms with Gasteiger partial charge in [0.25, 0.3) is 0 Å². The van der Waals surface area contributed by atoms with Crippen LogP contribution in [0.15, 0.2) is 91.0 Å². The van der Waals surface area contributed by atoms with E-state index in [4.69, 9.17) is 0 Å². The second-order valence-electron chi connectivity index (χ2n) is 5.97. The first-order chi connectivity index (χ1) is 12.3. The molecule has 3 aromatic rings. The third-order valence-electron chi connectivity index (χ3n) is 3.82. The molecule has 0 aliphatic carbocycles. The van der Waals surface area contributed by atoms with Gasteiger partial charge in [-0.05, 0) is 36.4 Å². The SMILES string of the molecule is C[P+](c1ccccc1)(c1ccccc1)c1ccccc1.F[P-](F)(F)(F)(F)F. The van der Waals surface area contributed by atoms with Crippen molar-refractivity contribution in [3.63, 3.8) is 0 Å². The van der Waals surface area contributed by atoms with E-state index in [0.29, 0.717) is 0 Å². The molecule has 0 bridgehead atoms. The molecule has 0 amide bonds. The molecule has 0 fully saturated rings. The van der Waals surface area contributed by atoms with E-state index in [1.165, 1.54) is 15.9 Å². The van der Waals surface area contributed by atoms with E-state index in [2.05, 4.69) is 97.7 Å². The first-order valence-electron chi connectivity index (χ1n) is 7.86. The van der Waals surface area contributed by atoms with Gasteiger partial charge >= 0.3 is 33.0 Å². The molecule has 0 N–H and O–H groups in total. The van der Waals surface area contributed by atoms with Gasteiger partial charge in [0.1, 0.15) is 23.2 Å². The van der Waals surface area contributed by atoms with Crippen LogP contribution in [0, 0.1) is 0 Å². The average Bonchev–Trinajstić information content (AvgIpc) is 2.61. The first kappa shape index (κ1) is 21.4. The fourth-order valence-corrected chi connectivity index (χ4v) is 5.83. The van der Waals surface area contributed by atoms with Gasteiger partial charge in [-0.15, -0.1) is 0 Å². The number of benzene rings is 3. The standard InChI is InChI=1S/C19H18P.F6P/c1-20(17-11-5-2-6-12-17,18-13-7-3-8-14-18)19-15-9-4-10-16-19;1-7(2,3,4,5)6/h2-16H,1H3;/q+1;-1. The summed E-state index contributed by atoms with van der Waals surface area (Å²) in [6.07, 6.45) is 0. The molecule has 146 valence electrons. The Kier molecular flexibility index (Phi) is 5.49. The predicted octanol–water partition coefficient (Wildman–Crippen LogP) is 6.99. The molecule has 0 atom stereocenters. The summed E-state index contributed by atoms with van der Waals surface area (Å²) in [5.41, 5.74) is 0. The molecule has 0 saturated carbocycles. The molecular weight excluding hydrogens is 404 g/mol.